The van der Waals surface area contributed by atoms with Gasteiger partial charge in [-0.15, -0.1) is 0 Å². The zero-order chi connectivity index (χ0) is 24.0. The van der Waals surface area contributed by atoms with Gasteiger partial charge in [0, 0.05) is 19.0 Å². The number of carboxylic acid groups (broad SMARTS) is 1. The number of nitrogens with zero attached hydrogens (tertiary/aromatic N) is 2. The van der Waals surface area contributed by atoms with Gasteiger partial charge in [0.05, 0.1) is 10.9 Å². The van der Waals surface area contributed by atoms with E-state index < -0.39 is 17.9 Å². The Morgan fingerprint density at radius 3 is 2.36 bits per heavy atom. The second kappa shape index (κ2) is 10.4. The predicted octanol–water partition coefficient (Wildman–Crippen LogP) is 1.41. The second-order valence-electron chi connectivity index (χ2n) is 7.53. The fourth-order valence-corrected chi connectivity index (χ4v) is 3.34. The maximum Gasteiger partial charge on any atom is 0.326 e. The van der Waals surface area contributed by atoms with Gasteiger partial charge in [-0.3, -0.25) is 9.59 Å². The SMILES string of the molecule is CNC(=O)CC[C@H](NC(=O)c1ccc(CCc2ccc3nc(N)nc(O)c3c2)cc1)C(=O)O. The van der Waals surface area contributed by atoms with Crippen LogP contribution >= 0.6 is 0 Å². The van der Waals surface area contributed by atoms with Crippen LogP contribution in [0.2, 0.25) is 0 Å². The van der Waals surface area contributed by atoms with Crippen molar-refractivity contribution in [3.8, 4) is 5.88 Å². The first kappa shape index (κ1) is 23.5. The number of carboxylic acids is 1. The Kier molecular flexibility index (Phi) is 7.39. The van der Waals surface area contributed by atoms with Gasteiger partial charge in [-0.25, -0.2) is 9.78 Å². The number of nitrogen functional groups attached to an aromatic ring is 1. The first-order valence-electron chi connectivity index (χ1n) is 10.3. The molecule has 0 spiro atoms. The highest BCUT2D eigenvalue weighted by Crippen LogP contribution is 2.24. The maximum atomic E-state index is 12.4. The molecular formula is C23H25N5O5. The minimum absolute atomic E-state index is 0.00125. The van der Waals surface area contributed by atoms with Crippen LogP contribution in [0.3, 0.4) is 0 Å². The van der Waals surface area contributed by atoms with Crippen LogP contribution in [0.15, 0.2) is 42.5 Å². The van der Waals surface area contributed by atoms with E-state index in [4.69, 9.17) is 5.73 Å². The Bertz CT molecular complexity index is 1180. The number of fused-ring (bicyclic) bond motifs is 1. The first-order chi connectivity index (χ1) is 15.8. The third-order valence-electron chi connectivity index (χ3n) is 5.22. The summed E-state index contributed by atoms with van der Waals surface area (Å²) >= 11 is 0. The molecule has 3 aromatic rings. The predicted molar refractivity (Wildman–Crippen MR) is 122 cm³/mol. The average Bonchev–Trinajstić information content (AvgIpc) is 2.80. The summed E-state index contributed by atoms with van der Waals surface area (Å²) in [5, 5.41) is 24.7. The zero-order valence-electron chi connectivity index (χ0n) is 18.0. The Morgan fingerprint density at radius 2 is 1.70 bits per heavy atom. The number of rotatable bonds is 9. The number of benzene rings is 2. The van der Waals surface area contributed by atoms with Crippen molar-refractivity contribution in [2.75, 3.05) is 12.8 Å². The Morgan fingerprint density at radius 1 is 1.03 bits per heavy atom. The average molecular weight is 451 g/mol. The number of nitrogens with two attached hydrogens (primary N) is 1. The van der Waals surface area contributed by atoms with Crippen molar-refractivity contribution in [2.24, 2.45) is 0 Å². The molecule has 0 bridgehead atoms. The van der Waals surface area contributed by atoms with Crippen molar-refractivity contribution in [3.05, 3.63) is 59.2 Å². The molecule has 1 heterocycles. The summed E-state index contributed by atoms with van der Waals surface area (Å²) < 4.78 is 0. The molecule has 0 saturated carbocycles. The highest BCUT2D eigenvalue weighted by molar-refractivity contribution is 5.96. The van der Waals surface area contributed by atoms with Gasteiger partial charge in [0.2, 0.25) is 17.7 Å². The number of hydrogen-bond donors (Lipinski definition) is 5. The number of aromatic nitrogens is 2. The van der Waals surface area contributed by atoms with E-state index in [0.717, 1.165) is 11.1 Å². The van der Waals surface area contributed by atoms with Crippen molar-refractivity contribution in [1.82, 2.24) is 20.6 Å². The summed E-state index contributed by atoms with van der Waals surface area (Å²) in [5.74, 6) is -2.16. The van der Waals surface area contributed by atoms with Crippen LogP contribution in [0.4, 0.5) is 5.95 Å². The molecule has 0 unspecified atom stereocenters. The molecule has 10 nitrogen and oxygen atoms in total. The lowest BCUT2D eigenvalue weighted by atomic mass is 10.0. The highest BCUT2D eigenvalue weighted by atomic mass is 16.4. The van der Waals surface area contributed by atoms with Crippen molar-refractivity contribution < 1.29 is 24.6 Å². The first-order valence-corrected chi connectivity index (χ1v) is 10.3. The molecule has 0 aliphatic carbocycles. The van der Waals surface area contributed by atoms with E-state index >= 15 is 0 Å². The van der Waals surface area contributed by atoms with Gasteiger partial charge in [0.1, 0.15) is 6.04 Å². The number of amides is 2. The van der Waals surface area contributed by atoms with E-state index in [-0.39, 0.29) is 30.6 Å². The van der Waals surface area contributed by atoms with Gasteiger partial charge in [-0.2, -0.15) is 4.98 Å². The summed E-state index contributed by atoms with van der Waals surface area (Å²) in [7, 11) is 1.47. The number of aryl methyl sites for hydroxylation is 2. The van der Waals surface area contributed by atoms with E-state index in [1.54, 1.807) is 30.3 Å². The molecular weight excluding hydrogens is 426 g/mol. The van der Waals surface area contributed by atoms with Gasteiger partial charge < -0.3 is 26.6 Å². The summed E-state index contributed by atoms with van der Waals surface area (Å²) in [4.78, 5) is 43.0. The standard InChI is InChI=1S/C23H25N5O5/c1-25-19(29)11-10-18(22(32)33)26-20(30)15-7-4-13(5-8-15)2-3-14-6-9-17-16(12-14)21(31)28-23(24)27-17/h4-9,12,18H,2-3,10-11H2,1H3,(H,25,29)(H,26,30)(H,32,33)(H3,24,27,28,31)/t18-/m0/s1. The molecule has 172 valence electrons. The summed E-state index contributed by atoms with van der Waals surface area (Å²) in [6.45, 7) is 0. The molecule has 33 heavy (non-hydrogen) atoms. The number of aliphatic carboxylic acids is 1. The molecule has 0 saturated heterocycles. The lowest BCUT2D eigenvalue weighted by Crippen LogP contribution is -2.41. The third-order valence-corrected chi connectivity index (χ3v) is 5.22. The van der Waals surface area contributed by atoms with Gasteiger partial charge in [-0.1, -0.05) is 18.2 Å². The second-order valence-corrected chi connectivity index (χ2v) is 7.53. The fraction of sp³-hybridized carbons (Fsp3) is 0.261. The lowest BCUT2D eigenvalue weighted by molar-refractivity contribution is -0.139. The Hall–Kier alpha value is -4.21. The Balaban J connectivity index is 1.60. The van der Waals surface area contributed by atoms with Crippen molar-refractivity contribution in [2.45, 2.75) is 31.7 Å². The smallest absolute Gasteiger partial charge is 0.326 e. The van der Waals surface area contributed by atoms with E-state index in [9.17, 15) is 24.6 Å². The van der Waals surface area contributed by atoms with Crippen LogP contribution in [0.25, 0.3) is 10.9 Å². The fourth-order valence-electron chi connectivity index (χ4n) is 3.34. The molecule has 0 aliphatic heterocycles. The van der Waals surface area contributed by atoms with Gasteiger partial charge in [0.15, 0.2) is 0 Å². The molecule has 2 aromatic carbocycles. The summed E-state index contributed by atoms with van der Waals surface area (Å²) in [5.41, 5.74) is 8.41. The molecule has 2 amide bonds. The van der Waals surface area contributed by atoms with Crippen molar-refractivity contribution in [3.63, 3.8) is 0 Å². The molecule has 6 N–H and O–H groups in total. The van der Waals surface area contributed by atoms with Crippen LogP contribution in [-0.2, 0) is 22.4 Å². The molecule has 10 heteroatoms. The minimum atomic E-state index is -1.20. The summed E-state index contributed by atoms with van der Waals surface area (Å²) in [6, 6.07) is 11.2. The van der Waals surface area contributed by atoms with E-state index in [0.29, 0.717) is 29.3 Å². The van der Waals surface area contributed by atoms with Crippen LogP contribution in [0, 0.1) is 0 Å². The maximum absolute atomic E-state index is 12.4. The molecule has 3 rings (SSSR count). The van der Waals surface area contributed by atoms with Crippen LogP contribution in [-0.4, -0.2) is 51.1 Å². The van der Waals surface area contributed by atoms with Crippen LogP contribution in [0.5, 0.6) is 5.88 Å². The minimum Gasteiger partial charge on any atom is -0.493 e. The number of carbonyl (C=O) groups is 3. The Labute approximate surface area is 189 Å². The van der Waals surface area contributed by atoms with E-state index in [2.05, 4.69) is 20.6 Å². The molecule has 1 aromatic heterocycles. The molecule has 0 fully saturated rings. The largest absolute Gasteiger partial charge is 0.493 e. The molecule has 1 atom stereocenters. The number of nitrogens with one attached hydrogen (secondary N) is 2. The zero-order valence-corrected chi connectivity index (χ0v) is 18.0. The summed E-state index contributed by atoms with van der Waals surface area (Å²) in [6.07, 6.45) is 1.37. The molecule has 0 radical (unpaired) electrons. The lowest BCUT2D eigenvalue weighted by Gasteiger charge is -2.14. The van der Waals surface area contributed by atoms with Gasteiger partial charge >= 0.3 is 5.97 Å². The van der Waals surface area contributed by atoms with Crippen molar-refractivity contribution >= 4 is 34.6 Å². The number of anilines is 1. The van der Waals surface area contributed by atoms with Gasteiger partial charge in [-0.05, 0) is 54.7 Å². The third kappa shape index (κ3) is 6.16. The van der Waals surface area contributed by atoms with Crippen LogP contribution in [0.1, 0.15) is 34.3 Å². The topological polar surface area (TPSA) is 168 Å². The number of hydrogen-bond acceptors (Lipinski definition) is 7. The molecule has 0 aliphatic rings. The van der Waals surface area contributed by atoms with E-state index in [1.807, 2.05) is 12.1 Å². The number of aromatic hydroxyl groups is 1. The normalized spacial score (nSPS) is 11.7. The van der Waals surface area contributed by atoms with Gasteiger partial charge in [0.25, 0.3) is 5.91 Å². The monoisotopic (exact) mass is 451 g/mol. The quantitative estimate of drug-likeness (QED) is 0.325. The highest BCUT2D eigenvalue weighted by Gasteiger charge is 2.21. The number of carbonyl (C=O) groups excluding carboxylic acids is 2. The van der Waals surface area contributed by atoms with E-state index in [1.165, 1.54) is 7.05 Å². The van der Waals surface area contributed by atoms with Crippen molar-refractivity contribution in [1.29, 1.82) is 0 Å². The van der Waals surface area contributed by atoms with Crippen LogP contribution < -0.4 is 16.4 Å².